The van der Waals surface area contributed by atoms with Crippen molar-refractivity contribution in [1.82, 2.24) is 9.80 Å². The van der Waals surface area contributed by atoms with E-state index in [1.807, 2.05) is 0 Å². The average Bonchev–Trinajstić information content (AvgIpc) is 2.64. The predicted octanol–water partition coefficient (Wildman–Crippen LogP) is 0.949. The number of aliphatic hydroxyl groups excluding tert-OH is 1. The Kier molecular flexibility index (Phi) is 5.01. The molecule has 0 radical (unpaired) electrons. The first-order valence-corrected chi connectivity index (χ1v) is 7.34. The summed E-state index contributed by atoms with van der Waals surface area (Å²) in [7, 11) is 0. The molecule has 0 spiro atoms. The van der Waals surface area contributed by atoms with Gasteiger partial charge in [-0.3, -0.25) is 9.69 Å². The molecular formula is C14H26N2O2. The third-order valence-electron chi connectivity index (χ3n) is 4.50. The van der Waals surface area contributed by atoms with E-state index < -0.39 is 0 Å². The van der Waals surface area contributed by atoms with E-state index >= 15 is 0 Å². The van der Waals surface area contributed by atoms with Gasteiger partial charge in [-0.05, 0) is 31.7 Å². The maximum Gasteiger partial charge on any atom is 0.225 e. The molecule has 2 atom stereocenters. The third-order valence-corrected chi connectivity index (χ3v) is 4.50. The molecule has 104 valence electrons. The van der Waals surface area contributed by atoms with Gasteiger partial charge in [-0.1, -0.05) is 13.3 Å². The number of rotatable bonds is 3. The van der Waals surface area contributed by atoms with Crippen molar-refractivity contribution in [2.24, 2.45) is 11.8 Å². The van der Waals surface area contributed by atoms with Gasteiger partial charge in [0.2, 0.25) is 5.91 Å². The summed E-state index contributed by atoms with van der Waals surface area (Å²) < 4.78 is 0. The molecule has 0 bridgehead atoms. The molecule has 1 heterocycles. The second-order valence-electron chi connectivity index (χ2n) is 5.76. The van der Waals surface area contributed by atoms with Gasteiger partial charge in [0.15, 0.2) is 0 Å². The summed E-state index contributed by atoms with van der Waals surface area (Å²) in [4.78, 5) is 16.8. The quantitative estimate of drug-likeness (QED) is 0.815. The van der Waals surface area contributed by atoms with Gasteiger partial charge in [0.1, 0.15) is 0 Å². The summed E-state index contributed by atoms with van der Waals surface area (Å²) in [5, 5.41) is 8.97. The zero-order valence-corrected chi connectivity index (χ0v) is 11.5. The zero-order chi connectivity index (χ0) is 13.0. The van der Waals surface area contributed by atoms with E-state index in [-0.39, 0.29) is 12.5 Å². The average molecular weight is 254 g/mol. The van der Waals surface area contributed by atoms with E-state index in [0.717, 1.165) is 45.6 Å². The molecule has 18 heavy (non-hydrogen) atoms. The molecule has 2 fully saturated rings. The second kappa shape index (κ2) is 6.53. The minimum absolute atomic E-state index is 0.216. The zero-order valence-electron chi connectivity index (χ0n) is 11.5. The smallest absolute Gasteiger partial charge is 0.225 e. The highest BCUT2D eigenvalue weighted by molar-refractivity contribution is 5.79. The Hall–Kier alpha value is -0.610. The topological polar surface area (TPSA) is 43.8 Å². The molecule has 1 aliphatic heterocycles. The standard InChI is InChI=1S/C14H26N2O2/c1-12-4-2-5-13(12)14(18)16-7-3-6-15(8-9-16)10-11-17/h12-13,17H,2-11H2,1H3. The lowest BCUT2D eigenvalue weighted by Crippen LogP contribution is -2.40. The van der Waals surface area contributed by atoms with E-state index in [9.17, 15) is 4.79 Å². The highest BCUT2D eigenvalue weighted by Gasteiger charge is 2.33. The SMILES string of the molecule is CC1CCCC1C(=O)N1CCCN(CCO)CC1. The number of hydrogen-bond acceptors (Lipinski definition) is 3. The number of nitrogens with zero attached hydrogens (tertiary/aromatic N) is 2. The van der Waals surface area contributed by atoms with Crippen molar-refractivity contribution in [2.45, 2.75) is 32.6 Å². The number of aliphatic hydroxyl groups is 1. The molecule has 0 aromatic carbocycles. The van der Waals surface area contributed by atoms with Crippen LogP contribution in [0.3, 0.4) is 0 Å². The van der Waals surface area contributed by atoms with Gasteiger partial charge in [0, 0.05) is 32.1 Å². The number of carbonyl (C=O) groups is 1. The van der Waals surface area contributed by atoms with Crippen molar-refractivity contribution in [3.8, 4) is 0 Å². The van der Waals surface area contributed by atoms with Crippen LogP contribution in [0.1, 0.15) is 32.6 Å². The molecule has 2 unspecified atom stereocenters. The monoisotopic (exact) mass is 254 g/mol. The first kappa shape index (κ1) is 13.8. The molecule has 4 nitrogen and oxygen atoms in total. The Morgan fingerprint density at radius 3 is 2.67 bits per heavy atom. The molecule has 1 saturated heterocycles. The van der Waals surface area contributed by atoms with Crippen LogP contribution in [0, 0.1) is 11.8 Å². The van der Waals surface area contributed by atoms with Gasteiger partial charge in [-0.2, -0.15) is 0 Å². The van der Waals surface area contributed by atoms with Crippen LogP contribution in [0.5, 0.6) is 0 Å². The van der Waals surface area contributed by atoms with Gasteiger partial charge in [0.05, 0.1) is 6.61 Å². The Morgan fingerprint density at radius 1 is 1.17 bits per heavy atom. The molecule has 2 rings (SSSR count). The van der Waals surface area contributed by atoms with Crippen molar-refractivity contribution in [1.29, 1.82) is 0 Å². The molecule has 0 aromatic heterocycles. The Morgan fingerprint density at radius 2 is 2.00 bits per heavy atom. The van der Waals surface area contributed by atoms with Crippen LogP contribution < -0.4 is 0 Å². The molecular weight excluding hydrogens is 228 g/mol. The summed E-state index contributed by atoms with van der Waals surface area (Å²) in [5.74, 6) is 1.22. The fourth-order valence-corrected chi connectivity index (χ4v) is 3.30. The van der Waals surface area contributed by atoms with Gasteiger partial charge >= 0.3 is 0 Å². The highest BCUT2D eigenvalue weighted by Crippen LogP contribution is 2.32. The first-order chi connectivity index (χ1) is 8.72. The Bertz CT molecular complexity index is 283. The Balaban J connectivity index is 1.87. The molecule has 2 aliphatic rings. The molecule has 1 aliphatic carbocycles. The maximum atomic E-state index is 12.5. The van der Waals surface area contributed by atoms with Crippen LogP contribution in [-0.2, 0) is 4.79 Å². The van der Waals surface area contributed by atoms with Crippen molar-refractivity contribution in [3.63, 3.8) is 0 Å². The molecule has 0 aromatic rings. The van der Waals surface area contributed by atoms with Crippen molar-refractivity contribution < 1.29 is 9.90 Å². The number of hydrogen-bond donors (Lipinski definition) is 1. The van der Waals surface area contributed by atoms with Crippen LogP contribution in [0.15, 0.2) is 0 Å². The summed E-state index contributed by atoms with van der Waals surface area (Å²) in [6, 6.07) is 0. The van der Waals surface area contributed by atoms with Crippen LogP contribution in [-0.4, -0.2) is 60.1 Å². The summed E-state index contributed by atoms with van der Waals surface area (Å²) in [5.41, 5.74) is 0. The second-order valence-corrected chi connectivity index (χ2v) is 5.76. The third kappa shape index (κ3) is 3.23. The lowest BCUT2D eigenvalue weighted by atomic mass is 9.96. The van der Waals surface area contributed by atoms with Crippen LogP contribution >= 0.6 is 0 Å². The van der Waals surface area contributed by atoms with Crippen molar-refractivity contribution in [3.05, 3.63) is 0 Å². The predicted molar refractivity (Wildman–Crippen MR) is 71.2 cm³/mol. The van der Waals surface area contributed by atoms with E-state index in [0.29, 0.717) is 11.8 Å². The van der Waals surface area contributed by atoms with E-state index in [1.165, 1.54) is 12.8 Å². The summed E-state index contributed by atoms with van der Waals surface area (Å²) in [6.07, 6.45) is 4.53. The van der Waals surface area contributed by atoms with Crippen LogP contribution in [0.4, 0.5) is 0 Å². The molecule has 1 amide bonds. The fraction of sp³-hybridized carbons (Fsp3) is 0.929. The van der Waals surface area contributed by atoms with Crippen molar-refractivity contribution in [2.75, 3.05) is 39.3 Å². The number of β-amino-alcohol motifs (C(OH)–C–C–N with tert-alkyl or cyclic N) is 1. The van der Waals surface area contributed by atoms with E-state index in [2.05, 4.69) is 16.7 Å². The molecule has 1 N–H and O–H groups in total. The lowest BCUT2D eigenvalue weighted by molar-refractivity contribution is -0.136. The van der Waals surface area contributed by atoms with Crippen molar-refractivity contribution >= 4 is 5.91 Å². The van der Waals surface area contributed by atoms with Gasteiger partial charge in [-0.15, -0.1) is 0 Å². The summed E-state index contributed by atoms with van der Waals surface area (Å²) in [6.45, 7) is 6.81. The maximum absolute atomic E-state index is 12.5. The van der Waals surface area contributed by atoms with Crippen LogP contribution in [0.2, 0.25) is 0 Å². The molecule has 1 saturated carbocycles. The molecule has 4 heteroatoms. The number of carbonyl (C=O) groups excluding carboxylic acids is 1. The Labute approximate surface area is 110 Å². The van der Waals surface area contributed by atoms with E-state index in [4.69, 9.17) is 5.11 Å². The lowest BCUT2D eigenvalue weighted by Gasteiger charge is -2.26. The highest BCUT2D eigenvalue weighted by atomic mass is 16.3. The van der Waals surface area contributed by atoms with Gasteiger partial charge in [-0.25, -0.2) is 0 Å². The first-order valence-electron chi connectivity index (χ1n) is 7.34. The largest absolute Gasteiger partial charge is 0.395 e. The fourth-order valence-electron chi connectivity index (χ4n) is 3.30. The normalized spacial score (nSPS) is 30.4. The minimum atomic E-state index is 0.216. The summed E-state index contributed by atoms with van der Waals surface area (Å²) >= 11 is 0. The van der Waals surface area contributed by atoms with E-state index in [1.54, 1.807) is 0 Å². The minimum Gasteiger partial charge on any atom is -0.395 e. The van der Waals surface area contributed by atoms with Crippen LogP contribution in [0.25, 0.3) is 0 Å². The van der Waals surface area contributed by atoms with Gasteiger partial charge in [0.25, 0.3) is 0 Å². The number of amides is 1. The van der Waals surface area contributed by atoms with Gasteiger partial charge < -0.3 is 10.0 Å².